The number of morpholine rings is 1. The van der Waals surface area contributed by atoms with Gasteiger partial charge in [0, 0.05) is 61.1 Å². The van der Waals surface area contributed by atoms with E-state index < -0.39 is 162 Å². The number of hydrogen-bond acceptors (Lipinski definition) is 17. The first-order valence-corrected chi connectivity index (χ1v) is 35.7. The Morgan fingerprint density at radius 2 is 0.970 bits per heavy atom. The Kier molecular flexibility index (Phi) is 34.7. The molecule has 2 fully saturated rings. The lowest BCUT2D eigenvalue weighted by molar-refractivity contribution is -0.166. The number of aliphatic hydroxyl groups is 2. The number of carbonyl (C=O) groups is 11. The van der Waals surface area contributed by atoms with Crippen LogP contribution in [-0.2, 0) is 68.6 Å². The molecule has 6 N–H and O–H groups in total. The second kappa shape index (κ2) is 39.9. The Bertz CT molecular complexity index is 2860. The summed E-state index contributed by atoms with van der Waals surface area (Å²) in [7, 11) is 8.17. The van der Waals surface area contributed by atoms with E-state index in [1.807, 2.05) is 87.4 Å². The van der Waals surface area contributed by atoms with Crippen LogP contribution in [0, 0.1) is 47.3 Å². The second-order valence-corrected chi connectivity index (χ2v) is 30.5. The van der Waals surface area contributed by atoms with Crippen molar-refractivity contribution in [1.29, 1.82) is 0 Å². The van der Waals surface area contributed by atoms with E-state index in [0.29, 0.717) is 45.6 Å². The molecular formula is C72H124N12O15. The molecule has 2 aliphatic rings. The highest BCUT2D eigenvalue weighted by atomic mass is 16.6. The first-order valence-electron chi connectivity index (χ1n) is 35.7. The van der Waals surface area contributed by atoms with E-state index >= 15 is 14.4 Å². The maximum atomic E-state index is 15.5. The van der Waals surface area contributed by atoms with Gasteiger partial charge in [0.25, 0.3) is 5.91 Å². The number of pyridine rings is 1. The molecule has 2 aliphatic heterocycles. The van der Waals surface area contributed by atoms with Crippen LogP contribution in [0.2, 0.25) is 0 Å². The number of nitrogens with one attached hydrogen (secondary N) is 4. The van der Waals surface area contributed by atoms with Gasteiger partial charge in [-0.25, -0.2) is 9.78 Å². The van der Waals surface area contributed by atoms with Gasteiger partial charge in [0.05, 0.1) is 32.0 Å². The first kappa shape index (κ1) is 86.2. The van der Waals surface area contributed by atoms with Gasteiger partial charge in [-0.3, -0.25) is 47.9 Å². The number of likely N-dealkylation sites (N-methyl/N-ethyl adjacent to an activating group) is 6. The Morgan fingerprint density at radius 1 is 0.515 bits per heavy atom. The van der Waals surface area contributed by atoms with Crippen LogP contribution in [0.25, 0.3) is 0 Å². The topological polar surface area (TPSA) is 330 Å². The quantitative estimate of drug-likeness (QED) is 0.102. The summed E-state index contributed by atoms with van der Waals surface area (Å²) < 4.78 is 11.5. The summed E-state index contributed by atoms with van der Waals surface area (Å²) >= 11 is 0. The van der Waals surface area contributed by atoms with E-state index in [0.717, 1.165) is 26.2 Å². The van der Waals surface area contributed by atoms with Crippen LogP contribution in [-0.4, -0.2) is 257 Å². The summed E-state index contributed by atoms with van der Waals surface area (Å²) in [5, 5.41) is 35.0. The molecule has 3 rings (SSSR count). The number of amides is 10. The van der Waals surface area contributed by atoms with Gasteiger partial charge in [-0.2, -0.15) is 0 Å². The smallest absolute Gasteiger partial charge is 0.329 e. The minimum absolute atomic E-state index is 0.0685. The third-order valence-electron chi connectivity index (χ3n) is 18.5. The molecule has 0 saturated carbocycles. The van der Waals surface area contributed by atoms with Gasteiger partial charge < -0.3 is 75.3 Å². The highest BCUT2D eigenvalue weighted by Crippen LogP contribution is 2.26. The van der Waals surface area contributed by atoms with Crippen molar-refractivity contribution in [1.82, 2.24) is 55.7 Å². The summed E-state index contributed by atoms with van der Waals surface area (Å²) in [4.78, 5) is 177. The van der Waals surface area contributed by atoms with Crippen molar-refractivity contribution < 1.29 is 72.4 Å². The maximum absolute atomic E-state index is 15.5. The molecule has 10 amide bonds. The Hall–Kier alpha value is -7.00. The first-order chi connectivity index (χ1) is 46.0. The number of ether oxygens (including phenoxy) is 2. The molecule has 0 aliphatic carbocycles. The van der Waals surface area contributed by atoms with Crippen LogP contribution < -0.4 is 26.2 Å². The Labute approximate surface area is 589 Å². The van der Waals surface area contributed by atoms with Gasteiger partial charge in [-0.05, 0) is 125 Å². The SMILES string of the molecule is CC(C)C[C@@H]1NC(=O)[C@H](CC(C)C)N(C)C(=O)CN(C)C(=O)[C@H]([C@@H](C)O)NC(=O)[C@H]([C@H](O)[C@H](C)CCCc2cccc(N3CCOCC3)n2)N(C)C(=O)[C@H](C(C)C)N(C)C(=O)[C@@H](CC(C)C)NC(=O)[C@H](CC(C)C)N(C)C(=O)[C@@H](C(C)C)OC(=O)[C@H](C)NC(=O)[C@H](CC(C)C)N(C)C1=O. The molecule has 27 nitrogen and oxygen atoms in total. The van der Waals surface area contributed by atoms with Gasteiger partial charge >= 0.3 is 5.97 Å². The average Bonchev–Trinajstić information content (AvgIpc) is 0.811. The highest BCUT2D eigenvalue weighted by molar-refractivity contribution is 5.99. The summed E-state index contributed by atoms with van der Waals surface area (Å²) in [6, 6.07) is -6.66. The van der Waals surface area contributed by atoms with Gasteiger partial charge in [0.1, 0.15) is 60.2 Å². The minimum Gasteiger partial charge on any atom is -0.450 e. The molecule has 13 atom stereocenters. The fraction of sp³-hybridized carbons (Fsp3) is 0.778. The summed E-state index contributed by atoms with van der Waals surface area (Å²) in [5.74, 6) is -10.9. The zero-order chi connectivity index (χ0) is 75.4. The largest absolute Gasteiger partial charge is 0.450 e. The molecule has 1 aromatic rings. The number of cyclic esters (lactones) is 1. The number of anilines is 1. The van der Waals surface area contributed by atoms with Crippen LogP contribution in [0.5, 0.6) is 0 Å². The standard InChI is InChI=1S/C72H124N12O15/c1-40(2)34-51-67(92)80(20)54(37-43(7)8)63(88)73-48(16)72(97)99-62(46(13)14)71(96)81(21)55(38-44(9)10)65(90)76-52(35-41(3)4)68(93)82(22)59(45(11)12)70(95)83(23)60(61(87)47(15)26-24-27-50-28-25-29-56(74-50)84-30-32-98-33-31-84)66(91)77-58(49(17)85)69(94)78(18)39-57(86)79(19)53(36-42(5)6)64(89)75-51/h25,28-29,40-49,51-55,58-62,85,87H,24,26-27,30-39H2,1-23H3,(H,73,88)(H,75,89)(H,76,90)(H,77,91)/t47-,48+,49-,51+,52-,53+,54+,55+,58+,59+,60+,61-,62-/m1/s1. The van der Waals surface area contributed by atoms with Gasteiger partial charge in [-0.1, -0.05) is 110 Å². The van der Waals surface area contributed by atoms with E-state index in [4.69, 9.17) is 14.5 Å². The van der Waals surface area contributed by atoms with Crippen molar-refractivity contribution >= 4 is 70.9 Å². The molecule has 0 spiro atoms. The van der Waals surface area contributed by atoms with Crippen molar-refractivity contribution in [3.63, 3.8) is 0 Å². The van der Waals surface area contributed by atoms with E-state index in [2.05, 4.69) is 26.2 Å². The Morgan fingerprint density at radius 3 is 1.43 bits per heavy atom. The number of esters is 1. The fourth-order valence-corrected chi connectivity index (χ4v) is 12.7. The van der Waals surface area contributed by atoms with Crippen LogP contribution in [0.4, 0.5) is 5.82 Å². The van der Waals surface area contributed by atoms with E-state index in [1.54, 1.807) is 34.6 Å². The van der Waals surface area contributed by atoms with Crippen molar-refractivity contribution in [3.05, 3.63) is 23.9 Å². The summed E-state index contributed by atoms with van der Waals surface area (Å²) in [6.45, 7) is 31.3. The lowest BCUT2D eigenvalue weighted by Crippen LogP contribution is -2.64. The van der Waals surface area contributed by atoms with Crippen LogP contribution in [0.3, 0.4) is 0 Å². The van der Waals surface area contributed by atoms with Crippen molar-refractivity contribution in [3.8, 4) is 0 Å². The number of nitrogens with zero attached hydrogens (tertiary/aromatic N) is 8. The number of hydrogen-bond donors (Lipinski definition) is 6. The van der Waals surface area contributed by atoms with Crippen molar-refractivity contribution in [2.45, 2.75) is 242 Å². The second-order valence-electron chi connectivity index (χ2n) is 30.5. The molecule has 0 bridgehead atoms. The molecule has 0 unspecified atom stereocenters. The summed E-state index contributed by atoms with van der Waals surface area (Å²) in [6.07, 6.45) is -2.96. The fourth-order valence-electron chi connectivity index (χ4n) is 12.7. The minimum atomic E-state index is -1.78. The van der Waals surface area contributed by atoms with Crippen LogP contribution in [0.15, 0.2) is 18.2 Å². The normalized spacial score (nSPS) is 25.9. The number of aryl methyl sites for hydroxylation is 1. The lowest BCUT2D eigenvalue weighted by atomic mass is 9.90. The number of aliphatic hydroxyl groups excluding tert-OH is 2. The molecule has 0 aromatic carbocycles. The van der Waals surface area contributed by atoms with Crippen molar-refractivity contribution in [2.75, 3.05) is 80.0 Å². The maximum Gasteiger partial charge on any atom is 0.329 e. The predicted molar refractivity (Wildman–Crippen MR) is 378 cm³/mol. The van der Waals surface area contributed by atoms with E-state index in [-0.39, 0.29) is 61.7 Å². The molecule has 3 heterocycles. The number of rotatable bonds is 20. The third kappa shape index (κ3) is 25.2. The number of aromatic nitrogens is 1. The third-order valence-corrected chi connectivity index (χ3v) is 18.5. The van der Waals surface area contributed by atoms with Crippen LogP contribution >= 0.6 is 0 Å². The number of carbonyl (C=O) groups excluding carboxylic acids is 11. The van der Waals surface area contributed by atoms with Crippen LogP contribution in [0.1, 0.15) is 168 Å². The molecule has 562 valence electrons. The zero-order valence-corrected chi connectivity index (χ0v) is 63.8. The molecular weight excluding hydrogens is 1270 g/mol. The molecule has 27 heteroatoms. The summed E-state index contributed by atoms with van der Waals surface area (Å²) in [5.41, 5.74) is 0.796. The highest BCUT2D eigenvalue weighted by Gasteiger charge is 2.46. The predicted octanol–water partition coefficient (Wildman–Crippen LogP) is 3.64. The van der Waals surface area contributed by atoms with Crippen molar-refractivity contribution in [2.24, 2.45) is 47.3 Å². The molecule has 0 radical (unpaired) electrons. The molecule has 1 aromatic heterocycles. The monoisotopic (exact) mass is 1400 g/mol. The van der Waals surface area contributed by atoms with Gasteiger partial charge in [0.2, 0.25) is 53.2 Å². The average molecular weight is 1400 g/mol. The Balaban J connectivity index is 2.32. The zero-order valence-electron chi connectivity index (χ0n) is 63.8. The van der Waals surface area contributed by atoms with Gasteiger partial charge in [0.15, 0.2) is 6.10 Å². The molecule has 99 heavy (non-hydrogen) atoms. The molecule has 2 saturated heterocycles. The lowest BCUT2D eigenvalue weighted by Gasteiger charge is -2.40. The van der Waals surface area contributed by atoms with E-state index in [9.17, 15) is 48.6 Å². The van der Waals surface area contributed by atoms with E-state index in [1.165, 1.54) is 70.8 Å². The van der Waals surface area contributed by atoms with Gasteiger partial charge in [-0.15, -0.1) is 0 Å².